The Bertz CT molecular complexity index is 1370. The zero-order valence-electron chi connectivity index (χ0n) is 20.0. The Hall–Kier alpha value is -3.45. The fourth-order valence-corrected chi connectivity index (χ4v) is 5.57. The Kier molecular flexibility index (Phi) is 6.43. The van der Waals surface area contributed by atoms with Crippen LogP contribution in [-0.4, -0.2) is 23.4 Å². The number of rotatable bonds is 6. The van der Waals surface area contributed by atoms with Gasteiger partial charge in [-0.15, -0.1) is 0 Å². The third-order valence-corrected chi connectivity index (χ3v) is 6.99. The number of nitrogens with one attached hydrogen (secondary N) is 1. The van der Waals surface area contributed by atoms with Crippen molar-refractivity contribution in [2.24, 2.45) is 7.05 Å². The lowest BCUT2D eigenvalue weighted by molar-refractivity contribution is 0.0516. The fraction of sp³-hybridized carbons (Fsp3) is 0.250. The first kappa shape index (κ1) is 23.3. The van der Waals surface area contributed by atoms with Gasteiger partial charge in [-0.3, -0.25) is 0 Å². The number of benzene rings is 3. The molecule has 1 aromatic heterocycles. The van der Waals surface area contributed by atoms with E-state index in [0.717, 1.165) is 37.9 Å². The number of halogens is 1. The van der Waals surface area contributed by atoms with Gasteiger partial charge in [-0.1, -0.05) is 36.4 Å². The average molecular weight is 534 g/mol. The molecule has 0 fully saturated rings. The predicted octanol–water partition coefficient (Wildman–Crippen LogP) is 6.47. The minimum absolute atomic E-state index is 0.257. The van der Waals surface area contributed by atoms with Crippen molar-refractivity contribution in [3.05, 3.63) is 88.0 Å². The van der Waals surface area contributed by atoms with Crippen LogP contribution in [0.5, 0.6) is 5.75 Å². The molecule has 1 atom stereocenters. The summed E-state index contributed by atoms with van der Waals surface area (Å²) in [6.07, 6.45) is 1.78. The molecule has 0 amide bonds. The second kappa shape index (κ2) is 9.66. The molecule has 0 radical (unpaired) electrons. The first-order valence-corrected chi connectivity index (χ1v) is 12.6. The molecule has 0 saturated heterocycles. The number of aromatic nitrogens is 1. The summed E-state index contributed by atoms with van der Waals surface area (Å²) in [5.74, 6) is 0.237. The van der Waals surface area contributed by atoms with Crippen LogP contribution in [0.3, 0.4) is 0 Å². The molecule has 0 spiro atoms. The Morgan fingerprint density at radius 3 is 2.51 bits per heavy atom. The number of anilines is 2. The van der Waals surface area contributed by atoms with E-state index < -0.39 is 0 Å². The van der Waals surface area contributed by atoms with E-state index in [9.17, 15) is 4.79 Å². The number of fused-ring (bicyclic) bond motifs is 3. The molecule has 1 aliphatic heterocycles. The van der Waals surface area contributed by atoms with Gasteiger partial charge in [0.05, 0.1) is 18.7 Å². The average Bonchev–Trinajstić information content (AvgIpc) is 3.17. The second-order valence-corrected chi connectivity index (χ2v) is 9.45. The number of aryl methyl sites for hydroxylation is 1. The van der Waals surface area contributed by atoms with Gasteiger partial charge >= 0.3 is 5.97 Å². The Labute approximate surface area is 213 Å². The minimum Gasteiger partial charge on any atom is -0.470 e. The Morgan fingerprint density at radius 2 is 1.83 bits per heavy atom. The van der Waals surface area contributed by atoms with Crippen LogP contribution in [0.2, 0.25) is 0 Å². The molecule has 0 bridgehead atoms. The van der Waals surface area contributed by atoms with Crippen molar-refractivity contribution in [3.8, 4) is 5.75 Å². The second-order valence-electron chi connectivity index (χ2n) is 8.59. The number of carbonyl (C=O) groups is 1. The standard InChI is InChI=1S/C28H28BrN3O3/c1-4-34-28(33)25-21(15-30-19-11-7-5-8-12-19)26-24(23(29)17-31(26)3)22-16-32(18(2)35-27(22)25)20-13-9-6-10-14-20/h5-14,17-18,30H,4,15-16H2,1-3H3. The van der Waals surface area contributed by atoms with Gasteiger partial charge in [0, 0.05) is 52.1 Å². The molecular weight excluding hydrogens is 506 g/mol. The number of esters is 1. The van der Waals surface area contributed by atoms with Gasteiger partial charge < -0.3 is 24.3 Å². The van der Waals surface area contributed by atoms with Crippen molar-refractivity contribution in [1.82, 2.24) is 4.57 Å². The van der Waals surface area contributed by atoms with Gasteiger partial charge in [0.1, 0.15) is 11.3 Å². The summed E-state index contributed by atoms with van der Waals surface area (Å²) >= 11 is 3.78. The lowest BCUT2D eigenvalue weighted by Crippen LogP contribution is -2.41. The first-order chi connectivity index (χ1) is 17.0. The number of ether oxygens (including phenoxy) is 2. The van der Waals surface area contributed by atoms with E-state index in [1.165, 1.54) is 0 Å². The van der Waals surface area contributed by atoms with Gasteiger partial charge in [0.2, 0.25) is 0 Å². The van der Waals surface area contributed by atoms with Gasteiger partial charge in [-0.25, -0.2) is 4.79 Å². The summed E-state index contributed by atoms with van der Waals surface area (Å²) in [4.78, 5) is 15.6. The quantitative estimate of drug-likeness (QED) is 0.287. The van der Waals surface area contributed by atoms with E-state index in [1.807, 2.05) is 75.6 Å². The van der Waals surface area contributed by atoms with Crippen LogP contribution in [0.1, 0.15) is 35.3 Å². The highest BCUT2D eigenvalue weighted by Gasteiger charge is 2.35. The molecule has 4 aromatic rings. The number of para-hydroxylation sites is 2. The van der Waals surface area contributed by atoms with Crippen LogP contribution in [0, 0.1) is 0 Å². The maximum absolute atomic E-state index is 13.4. The highest BCUT2D eigenvalue weighted by molar-refractivity contribution is 9.10. The van der Waals surface area contributed by atoms with Gasteiger partial charge in [0.15, 0.2) is 6.23 Å². The number of hydrogen-bond acceptors (Lipinski definition) is 5. The molecule has 1 N–H and O–H groups in total. The number of hydrogen-bond donors (Lipinski definition) is 1. The van der Waals surface area contributed by atoms with Crippen LogP contribution >= 0.6 is 15.9 Å². The number of carbonyl (C=O) groups excluding carboxylic acids is 1. The van der Waals surface area contributed by atoms with Gasteiger partial charge in [-0.2, -0.15) is 0 Å². The van der Waals surface area contributed by atoms with Crippen molar-refractivity contribution in [1.29, 1.82) is 0 Å². The van der Waals surface area contributed by atoms with E-state index in [2.05, 4.69) is 42.8 Å². The maximum Gasteiger partial charge on any atom is 0.342 e. The van der Waals surface area contributed by atoms with Crippen LogP contribution in [0.4, 0.5) is 11.4 Å². The van der Waals surface area contributed by atoms with Crippen LogP contribution in [-0.2, 0) is 24.9 Å². The van der Waals surface area contributed by atoms with Gasteiger partial charge in [0.25, 0.3) is 0 Å². The van der Waals surface area contributed by atoms with E-state index >= 15 is 0 Å². The SMILES string of the molecule is CCOC(=O)c1c2c(c3c(Br)cn(C)c3c1CNc1ccccc1)CN(c1ccccc1)C(C)O2. The predicted molar refractivity (Wildman–Crippen MR) is 143 cm³/mol. The zero-order chi connectivity index (χ0) is 24.5. The molecule has 0 aliphatic carbocycles. The normalized spacial score (nSPS) is 15.0. The number of nitrogens with zero attached hydrogens (tertiary/aromatic N) is 2. The maximum atomic E-state index is 13.4. The van der Waals surface area contributed by atoms with Crippen molar-refractivity contribution < 1.29 is 14.3 Å². The molecule has 1 aliphatic rings. The molecule has 35 heavy (non-hydrogen) atoms. The molecule has 0 saturated carbocycles. The Morgan fingerprint density at radius 1 is 1.14 bits per heavy atom. The molecule has 3 aromatic carbocycles. The van der Waals surface area contributed by atoms with Gasteiger partial charge in [-0.05, 0) is 54.0 Å². The van der Waals surface area contributed by atoms with Crippen molar-refractivity contribution in [2.75, 3.05) is 16.8 Å². The topological polar surface area (TPSA) is 55.7 Å². The van der Waals surface area contributed by atoms with Crippen molar-refractivity contribution >= 4 is 44.2 Å². The summed E-state index contributed by atoms with van der Waals surface area (Å²) in [5, 5.41) is 4.53. The highest BCUT2D eigenvalue weighted by Crippen LogP contribution is 2.45. The lowest BCUT2D eigenvalue weighted by Gasteiger charge is -2.38. The smallest absolute Gasteiger partial charge is 0.342 e. The molecular formula is C28H28BrN3O3. The van der Waals surface area contributed by atoms with E-state index in [0.29, 0.717) is 31.0 Å². The van der Waals surface area contributed by atoms with E-state index in [-0.39, 0.29) is 12.2 Å². The monoisotopic (exact) mass is 533 g/mol. The molecule has 2 heterocycles. The summed E-state index contributed by atoms with van der Waals surface area (Å²) in [6.45, 7) is 5.19. The molecule has 5 rings (SSSR count). The van der Waals surface area contributed by atoms with Crippen LogP contribution in [0.15, 0.2) is 71.3 Å². The fourth-order valence-electron chi connectivity index (χ4n) is 4.83. The first-order valence-electron chi connectivity index (χ1n) is 11.8. The zero-order valence-corrected chi connectivity index (χ0v) is 21.6. The molecule has 6 nitrogen and oxygen atoms in total. The van der Waals surface area contributed by atoms with Crippen LogP contribution in [0.25, 0.3) is 10.9 Å². The van der Waals surface area contributed by atoms with Crippen LogP contribution < -0.4 is 15.0 Å². The highest BCUT2D eigenvalue weighted by atomic mass is 79.9. The lowest BCUT2D eigenvalue weighted by atomic mass is 9.95. The molecule has 180 valence electrons. The van der Waals surface area contributed by atoms with Crippen molar-refractivity contribution in [2.45, 2.75) is 33.2 Å². The van der Waals surface area contributed by atoms with Crippen molar-refractivity contribution in [3.63, 3.8) is 0 Å². The molecule has 1 unspecified atom stereocenters. The third-order valence-electron chi connectivity index (χ3n) is 6.39. The Balaban J connectivity index is 1.71. The molecule has 7 heteroatoms. The summed E-state index contributed by atoms with van der Waals surface area (Å²) in [5.41, 5.74) is 5.35. The summed E-state index contributed by atoms with van der Waals surface area (Å²) < 4.78 is 15.1. The largest absolute Gasteiger partial charge is 0.470 e. The third kappa shape index (κ3) is 4.25. The minimum atomic E-state index is -0.367. The van der Waals surface area contributed by atoms with E-state index in [4.69, 9.17) is 9.47 Å². The van der Waals surface area contributed by atoms with E-state index in [1.54, 1.807) is 0 Å². The summed E-state index contributed by atoms with van der Waals surface area (Å²) in [7, 11) is 2.00. The summed E-state index contributed by atoms with van der Waals surface area (Å²) in [6, 6.07) is 20.2.